The normalized spacial score (nSPS) is 34.3. The summed E-state index contributed by atoms with van der Waals surface area (Å²) in [5.41, 5.74) is -5.79. The fourth-order valence-corrected chi connectivity index (χ4v) is 5.62. The van der Waals surface area contributed by atoms with Gasteiger partial charge in [0.1, 0.15) is 10.8 Å². The lowest BCUT2D eigenvalue weighted by Crippen LogP contribution is -2.81. The Balaban J connectivity index is 1.77. The van der Waals surface area contributed by atoms with Crippen LogP contribution < -0.4 is 0 Å². The van der Waals surface area contributed by atoms with Gasteiger partial charge in [0, 0.05) is 0 Å². The van der Waals surface area contributed by atoms with Crippen molar-refractivity contribution in [3.05, 3.63) is 0 Å². The molecule has 0 aromatic carbocycles. The van der Waals surface area contributed by atoms with Crippen LogP contribution >= 0.6 is 0 Å². The second-order valence-corrected chi connectivity index (χ2v) is 16.3. The van der Waals surface area contributed by atoms with E-state index in [1.54, 1.807) is 0 Å². The molecule has 1 radical (unpaired) electrons. The Morgan fingerprint density at radius 3 is 0.585 bits per heavy atom. The fourth-order valence-electron chi connectivity index (χ4n) is 5.62. The van der Waals surface area contributed by atoms with E-state index in [1.165, 1.54) is 7.69 Å². The summed E-state index contributed by atoms with van der Waals surface area (Å²) < 4.78 is 67.3. The minimum Gasteiger partial charge on any atom is -0.410 e. The fraction of sp³-hybridized carbons (Fsp3) is 1.00. The maximum Gasteiger partial charge on any atom is 0.489 e. The van der Waals surface area contributed by atoms with Crippen molar-refractivity contribution >= 4 is 36.2 Å². The van der Waals surface area contributed by atoms with E-state index < -0.39 is 84.1 Å². The van der Waals surface area contributed by atoms with E-state index in [1.807, 2.05) is 111 Å². The summed E-state index contributed by atoms with van der Waals surface area (Å²) in [6.45, 7) is 31.7. The summed E-state index contributed by atoms with van der Waals surface area (Å²) in [6, 6.07) is 0. The minimum absolute atomic E-state index is 0.724. The standard InChI is InChI=1S/C26H48B5O10/c1-17(2)18(3,4)35-28(34-17)25(29-36-19(5,6)20(7,8)37-29)26(33-27-32-25,30-38-21(9,10)22(11,12)39-30)31-40-23(13,14)24(15,16)41-31/h1-16H3. The first-order chi connectivity index (χ1) is 18.2. The smallest absolute Gasteiger partial charge is 0.410 e. The Bertz CT molecular complexity index is 857. The van der Waals surface area contributed by atoms with Gasteiger partial charge in [-0.05, 0) is 111 Å². The molecule has 227 valence electrons. The van der Waals surface area contributed by atoms with Crippen LogP contribution in [0.4, 0.5) is 0 Å². The molecule has 5 aliphatic rings. The summed E-state index contributed by atoms with van der Waals surface area (Å²) in [5, 5.41) is -3.35. The molecular weight excluding hydrogens is 526 g/mol. The predicted molar refractivity (Wildman–Crippen MR) is 158 cm³/mol. The number of rotatable bonds is 4. The largest absolute Gasteiger partial charge is 0.489 e. The van der Waals surface area contributed by atoms with Gasteiger partial charge in [-0.2, -0.15) is 0 Å². The van der Waals surface area contributed by atoms with Gasteiger partial charge in [0.2, 0.25) is 0 Å². The zero-order valence-electron chi connectivity index (χ0n) is 28.0. The Morgan fingerprint density at radius 2 is 0.439 bits per heavy atom. The molecule has 5 aliphatic heterocycles. The average molecular weight is 575 g/mol. The van der Waals surface area contributed by atoms with E-state index in [2.05, 4.69) is 0 Å². The van der Waals surface area contributed by atoms with Gasteiger partial charge in [-0.15, -0.1) is 0 Å². The first kappa shape index (κ1) is 32.3. The quantitative estimate of drug-likeness (QED) is 0.464. The Labute approximate surface area is 249 Å². The van der Waals surface area contributed by atoms with Gasteiger partial charge in [0.25, 0.3) is 0 Å². The molecule has 5 heterocycles. The van der Waals surface area contributed by atoms with Crippen molar-refractivity contribution < 1.29 is 46.5 Å². The van der Waals surface area contributed by atoms with Crippen LogP contribution in [0, 0.1) is 0 Å². The third-order valence-electron chi connectivity index (χ3n) is 11.5. The molecule has 0 aromatic heterocycles. The van der Waals surface area contributed by atoms with Crippen molar-refractivity contribution in [1.29, 1.82) is 0 Å². The molecule has 5 rings (SSSR count). The molecule has 0 unspecified atom stereocenters. The SMILES string of the molecule is CC1(C)OB(C2(B3OC(C)(C)C(C)(C)O3)O[B]OC2(B2OC(C)(C)C(C)(C)O2)B2OC(C)(C)C(C)(C)O2)OC1(C)C. The van der Waals surface area contributed by atoms with Crippen LogP contribution in [0.15, 0.2) is 0 Å². The first-order valence-electron chi connectivity index (χ1n) is 14.8. The molecule has 10 nitrogen and oxygen atoms in total. The lowest BCUT2D eigenvalue weighted by molar-refractivity contribution is 0.00578. The van der Waals surface area contributed by atoms with Gasteiger partial charge in [0.15, 0.2) is 0 Å². The van der Waals surface area contributed by atoms with Crippen LogP contribution in [0.3, 0.4) is 0 Å². The highest BCUT2D eigenvalue weighted by molar-refractivity contribution is 6.84. The maximum absolute atomic E-state index is 6.75. The van der Waals surface area contributed by atoms with Gasteiger partial charge in [0.05, 0.1) is 44.8 Å². The zero-order valence-corrected chi connectivity index (χ0v) is 28.0. The van der Waals surface area contributed by atoms with Crippen LogP contribution in [0.1, 0.15) is 111 Å². The summed E-state index contributed by atoms with van der Waals surface area (Å²) in [4.78, 5) is 0. The summed E-state index contributed by atoms with van der Waals surface area (Å²) in [5.74, 6) is 0. The van der Waals surface area contributed by atoms with Crippen LogP contribution in [0.25, 0.3) is 0 Å². The maximum atomic E-state index is 6.75. The molecular formula is C26H48B5O10. The molecule has 0 saturated carbocycles. The number of hydrogen-bond donors (Lipinski definition) is 0. The van der Waals surface area contributed by atoms with Crippen molar-refractivity contribution in [2.24, 2.45) is 0 Å². The second-order valence-electron chi connectivity index (χ2n) is 16.3. The molecule has 41 heavy (non-hydrogen) atoms. The Kier molecular flexibility index (Phi) is 6.93. The second kappa shape index (κ2) is 8.80. The molecule has 5 saturated heterocycles. The monoisotopic (exact) mass is 575 g/mol. The molecule has 0 aromatic rings. The van der Waals surface area contributed by atoms with Crippen LogP contribution in [0.5, 0.6) is 0 Å². The van der Waals surface area contributed by atoms with Gasteiger partial charge in [-0.25, -0.2) is 0 Å². The van der Waals surface area contributed by atoms with E-state index in [0.717, 1.165) is 0 Å². The highest BCUT2D eigenvalue weighted by Crippen LogP contribution is 2.58. The molecule has 15 heteroatoms. The summed E-state index contributed by atoms with van der Waals surface area (Å²) in [6.07, 6.45) is 0. The van der Waals surface area contributed by atoms with Crippen LogP contribution in [0.2, 0.25) is 0 Å². The van der Waals surface area contributed by atoms with Crippen LogP contribution in [-0.2, 0) is 46.5 Å². The van der Waals surface area contributed by atoms with Crippen molar-refractivity contribution in [1.82, 2.24) is 0 Å². The lowest BCUT2D eigenvalue weighted by atomic mass is 9.26. The molecule has 0 spiro atoms. The van der Waals surface area contributed by atoms with Crippen LogP contribution in [-0.4, -0.2) is 91.8 Å². The molecule has 5 fully saturated rings. The Morgan fingerprint density at radius 1 is 0.293 bits per heavy atom. The highest BCUT2D eigenvalue weighted by Gasteiger charge is 2.89. The Hall–Kier alpha value is -0.0753. The molecule has 0 atom stereocenters. The highest BCUT2D eigenvalue weighted by atomic mass is 16.8. The predicted octanol–water partition coefficient (Wildman–Crippen LogP) is 3.57. The van der Waals surface area contributed by atoms with E-state index in [0.29, 0.717) is 0 Å². The third kappa shape index (κ3) is 4.20. The van der Waals surface area contributed by atoms with Gasteiger partial charge >= 0.3 is 36.2 Å². The van der Waals surface area contributed by atoms with Crippen molar-refractivity contribution in [2.75, 3.05) is 0 Å². The van der Waals surface area contributed by atoms with Gasteiger partial charge < -0.3 is 46.5 Å². The van der Waals surface area contributed by atoms with E-state index in [9.17, 15) is 0 Å². The van der Waals surface area contributed by atoms with E-state index >= 15 is 0 Å². The van der Waals surface area contributed by atoms with Crippen molar-refractivity contribution in [3.63, 3.8) is 0 Å². The minimum atomic E-state index is -1.68. The molecule has 0 N–H and O–H groups in total. The molecule has 0 bridgehead atoms. The topological polar surface area (TPSA) is 92.3 Å². The summed E-state index contributed by atoms with van der Waals surface area (Å²) in [7, 11) is -3.01. The molecule has 0 amide bonds. The zero-order chi connectivity index (χ0) is 31.1. The molecule has 0 aliphatic carbocycles. The first-order valence-corrected chi connectivity index (χ1v) is 14.8. The average Bonchev–Trinajstić information content (AvgIpc) is 3.44. The lowest BCUT2D eigenvalue weighted by Gasteiger charge is -2.46. The van der Waals surface area contributed by atoms with Crippen molar-refractivity contribution in [3.8, 4) is 0 Å². The van der Waals surface area contributed by atoms with Crippen molar-refractivity contribution in [2.45, 2.75) is 166 Å². The number of hydrogen-bond acceptors (Lipinski definition) is 10. The van der Waals surface area contributed by atoms with Gasteiger partial charge in [-0.3, -0.25) is 0 Å². The van der Waals surface area contributed by atoms with E-state index in [-0.39, 0.29) is 0 Å². The van der Waals surface area contributed by atoms with E-state index in [4.69, 9.17) is 46.5 Å². The summed E-state index contributed by atoms with van der Waals surface area (Å²) >= 11 is 0. The van der Waals surface area contributed by atoms with Gasteiger partial charge in [-0.1, -0.05) is 0 Å². The third-order valence-corrected chi connectivity index (χ3v) is 11.5.